The molecular weight excluding hydrogens is 158 g/mol. The van der Waals surface area contributed by atoms with Crippen molar-refractivity contribution in [3.05, 3.63) is 48.0 Å². The van der Waals surface area contributed by atoms with Crippen molar-refractivity contribution in [1.29, 1.82) is 0 Å². The van der Waals surface area contributed by atoms with E-state index >= 15 is 0 Å². The van der Waals surface area contributed by atoms with Gasteiger partial charge in [0, 0.05) is 0 Å². The van der Waals surface area contributed by atoms with Crippen LogP contribution in [0.15, 0.2) is 42.5 Å². The maximum Gasteiger partial charge on any atom is 0.0550 e. The minimum absolute atomic E-state index is 0.334. The third-order valence-electron chi connectivity index (χ3n) is 2.10. The first kappa shape index (κ1) is 10.0. The quantitative estimate of drug-likeness (QED) is 0.638. The number of nitrogens with zero attached hydrogens (tertiary/aromatic N) is 1. The van der Waals surface area contributed by atoms with Crippen LogP contribution in [0.5, 0.6) is 0 Å². The normalized spacial score (nSPS) is 12.9. The molecule has 0 amide bonds. The SMILES string of the molecule is C=C(C)C(c1ccccc1)N(C)C. The molecule has 0 bridgehead atoms. The molecule has 0 aliphatic rings. The molecule has 0 fully saturated rings. The molecule has 0 N–H and O–H groups in total. The van der Waals surface area contributed by atoms with E-state index in [0.29, 0.717) is 6.04 Å². The highest BCUT2D eigenvalue weighted by Crippen LogP contribution is 2.24. The van der Waals surface area contributed by atoms with Crippen LogP contribution >= 0.6 is 0 Å². The summed E-state index contributed by atoms with van der Waals surface area (Å²) in [5, 5.41) is 0. The Morgan fingerprint density at radius 3 is 2.15 bits per heavy atom. The fourth-order valence-corrected chi connectivity index (χ4v) is 1.66. The topological polar surface area (TPSA) is 3.24 Å². The molecule has 1 atom stereocenters. The molecule has 0 saturated carbocycles. The largest absolute Gasteiger partial charge is 0.299 e. The van der Waals surface area contributed by atoms with Gasteiger partial charge in [-0.2, -0.15) is 0 Å². The Bertz CT molecular complexity index is 274. The predicted molar refractivity (Wildman–Crippen MR) is 57.7 cm³/mol. The summed E-state index contributed by atoms with van der Waals surface area (Å²) >= 11 is 0. The Morgan fingerprint density at radius 2 is 1.77 bits per heavy atom. The molecule has 0 saturated heterocycles. The van der Waals surface area contributed by atoms with Crippen LogP contribution in [-0.4, -0.2) is 19.0 Å². The fourth-order valence-electron chi connectivity index (χ4n) is 1.66. The van der Waals surface area contributed by atoms with Gasteiger partial charge in [0.1, 0.15) is 0 Å². The Morgan fingerprint density at radius 1 is 1.23 bits per heavy atom. The van der Waals surface area contributed by atoms with E-state index in [1.165, 1.54) is 11.1 Å². The van der Waals surface area contributed by atoms with Crippen molar-refractivity contribution in [2.24, 2.45) is 0 Å². The zero-order chi connectivity index (χ0) is 9.84. The van der Waals surface area contributed by atoms with Crippen molar-refractivity contribution in [2.45, 2.75) is 13.0 Å². The highest BCUT2D eigenvalue weighted by Gasteiger charge is 2.13. The van der Waals surface area contributed by atoms with Gasteiger partial charge in [0.2, 0.25) is 0 Å². The first-order chi connectivity index (χ1) is 6.13. The van der Waals surface area contributed by atoms with Crippen molar-refractivity contribution >= 4 is 0 Å². The van der Waals surface area contributed by atoms with E-state index in [1.54, 1.807) is 0 Å². The van der Waals surface area contributed by atoms with Crippen molar-refractivity contribution in [2.75, 3.05) is 14.1 Å². The Balaban J connectivity index is 2.96. The van der Waals surface area contributed by atoms with Crippen LogP contribution in [0.25, 0.3) is 0 Å². The van der Waals surface area contributed by atoms with Crippen LogP contribution in [0, 0.1) is 0 Å². The molecule has 70 valence electrons. The van der Waals surface area contributed by atoms with Gasteiger partial charge >= 0.3 is 0 Å². The standard InChI is InChI=1S/C12H17N/c1-10(2)12(13(3)4)11-8-6-5-7-9-11/h5-9,12H,1H2,2-4H3. The van der Waals surface area contributed by atoms with Gasteiger partial charge in [-0.3, -0.25) is 4.90 Å². The zero-order valence-electron chi connectivity index (χ0n) is 8.62. The third-order valence-corrected chi connectivity index (χ3v) is 2.10. The summed E-state index contributed by atoms with van der Waals surface area (Å²) in [5.41, 5.74) is 2.48. The maximum atomic E-state index is 4.01. The van der Waals surface area contributed by atoms with Gasteiger partial charge in [0.25, 0.3) is 0 Å². The van der Waals surface area contributed by atoms with E-state index in [4.69, 9.17) is 0 Å². The lowest BCUT2D eigenvalue weighted by atomic mass is 10.0. The number of benzene rings is 1. The van der Waals surface area contributed by atoms with E-state index in [-0.39, 0.29) is 0 Å². The Hall–Kier alpha value is -1.08. The van der Waals surface area contributed by atoms with Crippen LogP contribution in [0.1, 0.15) is 18.5 Å². The Labute approximate surface area is 80.7 Å². The highest BCUT2D eigenvalue weighted by atomic mass is 15.1. The van der Waals surface area contributed by atoms with Gasteiger partial charge in [-0.05, 0) is 26.6 Å². The summed E-state index contributed by atoms with van der Waals surface area (Å²) in [6, 6.07) is 10.8. The monoisotopic (exact) mass is 175 g/mol. The lowest BCUT2D eigenvalue weighted by Crippen LogP contribution is -2.20. The average Bonchev–Trinajstić information content (AvgIpc) is 2.04. The van der Waals surface area contributed by atoms with E-state index in [1.807, 2.05) is 6.07 Å². The van der Waals surface area contributed by atoms with Crippen LogP contribution < -0.4 is 0 Å². The highest BCUT2D eigenvalue weighted by molar-refractivity contribution is 5.25. The molecule has 1 aromatic rings. The lowest BCUT2D eigenvalue weighted by molar-refractivity contribution is 0.338. The summed E-state index contributed by atoms with van der Waals surface area (Å²) in [7, 11) is 4.15. The van der Waals surface area contributed by atoms with Gasteiger partial charge in [0.05, 0.1) is 6.04 Å². The molecule has 0 aromatic heterocycles. The molecule has 1 nitrogen and oxygen atoms in total. The average molecular weight is 175 g/mol. The number of likely N-dealkylation sites (N-methyl/N-ethyl adjacent to an activating group) is 1. The predicted octanol–water partition coefficient (Wildman–Crippen LogP) is 2.87. The minimum Gasteiger partial charge on any atom is -0.299 e. The first-order valence-electron chi connectivity index (χ1n) is 4.49. The van der Waals surface area contributed by atoms with Gasteiger partial charge in [-0.1, -0.05) is 42.5 Å². The van der Waals surface area contributed by atoms with Crippen LogP contribution in [0.2, 0.25) is 0 Å². The van der Waals surface area contributed by atoms with E-state index in [9.17, 15) is 0 Å². The molecule has 0 aliphatic carbocycles. The summed E-state index contributed by atoms with van der Waals surface area (Å²) in [6.07, 6.45) is 0. The third kappa shape index (κ3) is 2.43. The second-order valence-corrected chi connectivity index (χ2v) is 3.62. The summed E-state index contributed by atoms with van der Waals surface area (Å²) in [5.74, 6) is 0. The summed E-state index contributed by atoms with van der Waals surface area (Å²) in [4.78, 5) is 2.18. The lowest BCUT2D eigenvalue weighted by Gasteiger charge is -2.24. The second kappa shape index (κ2) is 4.24. The second-order valence-electron chi connectivity index (χ2n) is 3.62. The number of hydrogen-bond donors (Lipinski definition) is 0. The van der Waals surface area contributed by atoms with Gasteiger partial charge in [0.15, 0.2) is 0 Å². The molecule has 1 heteroatoms. The van der Waals surface area contributed by atoms with E-state index in [0.717, 1.165) is 0 Å². The summed E-state index contributed by atoms with van der Waals surface area (Å²) < 4.78 is 0. The van der Waals surface area contributed by atoms with Gasteiger partial charge in [-0.25, -0.2) is 0 Å². The first-order valence-corrected chi connectivity index (χ1v) is 4.49. The zero-order valence-corrected chi connectivity index (χ0v) is 8.62. The Kier molecular flexibility index (Phi) is 3.26. The molecule has 0 spiro atoms. The molecule has 0 heterocycles. The van der Waals surface area contributed by atoms with E-state index < -0.39 is 0 Å². The molecule has 13 heavy (non-hydrogen) atoms. The van der Waals surface area contributed by atoms with Crippen molar-refractivity contribution in [3.63, 3.8) is 0 Å². The maximum absolute atomic E-state index is 4.01. The van der Waals surface area contributed by atoms with Crippen molar-refractivity contribution in [1.82, 2.24) is 4.90 Å². The van der Waals surface area contributed by atoms with Crippen molar-refractivity contribution in [3.8, 4) is 0 Å². The van der Waals surface area contributed by atoms with Crippen LogP contribution in [-0.2, 0) is 0 Å². The van der Waals surface area contributed by atoms with Crippen LogP contribution in [0.4, 0.5) is 0 Å². The smallest absolute Gasteiger partial charge is 0.0550 e. The molecule has 0 radical (unpaired) electrons. The van der Waals surface area contributed by atoms with Crippen molar-refractivity contribution < 1.29 is 0 Å². The van der Waals surface area contributed by atoms with Gasteiger partial charge < -0.3 is 0 Å². The number of rotatable bonds is 3. The fraction of sp³-hybridized carbons (Fsp3) is 0.333. The van der Waals surface area contributed by atoms with E-state index in [2.05, 4.69) is 56.8 Å². The molecule has 1 aromatic carbocycles. The molecule has 1 unspecified atom stereocenters. The molecular formula is C12H17N. The number of hydrogen-bond acceptors (Lipinski definition) is 1. The van der Waals surface area contributed by atoms with Crippen LogP contribution in [0.3, 0.4) is 0 Å². The molecule has 1 rings (SSSR count). The van der Waals surface area contributed by atoms with Gasteiger partial charge in [-0.15, -0.1) is 0 Å². The minimum atomic E-state index is 0.334. The summed E-state index contributed by atoms with van der Waals surface area (Å²) in [6.45, 7) is 6.08. The molecule has 0 aliphatic heterocycles.